The Hall–Kier alpha value is -4.32. The molecule has 52 heavy (non-hydrogen) atoms. The predicted molar refractivity (Wildman–Crippen MR) is 205 cm³/mol. The molecule has 4 heterocycles. The number of amides is 2. The van der Waals surface area contributed by atoms with Crippen LogP contribution in [0.25, 0.3) is 22.2 Å². The van der Waals surface area contributed by atoms with Crippen LogP contribution in [0.15, 0.2) is 48.7 Å². The zero-order valence-corrected chi connectivity index (χ0v) is 31.2. The van der Waals surface area contributed by atoms with Gasteiger partial charge in [0, 0.05) is 82.4 Å². The number of ether oxygens (including phenoxy) is 1. The lowest BCUT2D eigenvalue weighted by molar-refractivity contribution is -0.144. The zero-order valence-electron chi connectivity index (χ0n) is 31.2. The number of carbonyl (C=O) groups excluding carboxylic acids is 2. The monoisotopic (exact) mass is 706 g/mol. The van der Waals surface area contributed by atoms with Gasteiger partial charge >= 0.3 is 0 Å². The van der Waals surface area contributed by atoms with Gasteiger partial charge < -0.3 is 26.0 Å². The largest absolute Gasteiger partial charge is 0.381 e. The maximum absolute atomic E-state index is 14.5. The van der Waals surface area contributed by atoms with Gasteiger partial charge in [0.25, 0.3) is 0 Å². The van der Waals surface area contributed by atoms with Crippen LogP contribution in [0.3, 0.4) is 0 Å². The number of hydrogen-bond acceptors (Lipinski definition) is 8. The van der Waals surface area contributed by atoms with Crippen molar-refractivity contribution in [1.29, 1.82) is 0 Å². The molecule has 2 aliphatic heterocycles. The first-order chi connectivity index (χ1) is 25.2. The minimum Gasteiger partial charge on any atom is -0.381 e. The summed E-state index contributed by atoms with van der Waals surface area (Å²) < 4.78 is 7.60. The average Bonchev–Trinajstić information content (AvgIpc) is 3.87. The van der Waals surface area contributed by atoms with Gasteiger partial charge in [-0.2, -0.15) is 5.10 Å². The molecular weight excluding hydrogens is 653 g/mol. The van der Waals surface area contributed by atoms with Crippen LogP contribution >= 0.6 is 0 Å². The summed E-state index contributed by atoms with van der Waals surface area (Å²) in [6.45, 7) is 15.3. The number of piperazine rings is 1. The summed E-state index contributed by atoms with van der Waals surface area (Å²) in [7, 11) is 0. The number of rotatable bonds is 13. The lowest BCUT2D eigenvalue weighted by Crippen LogP contribution is -2.48. The maximum Gasteiger partial charge on any atom is 0.238 e. The molecule has 0 unspecified atom stereocenters. The topological polar surface area (TPSA) is 131 Å². The Morgan fingerprint density at radius 3 is 2.62 bits per heavy atom. The maximum atomic E-state index is 14.5. The molecule has 2 aromatic carbocycles. The van der Waals surface area contributed by atoms with Crippen LogP contribution in [-0.4, -0.2) is 81.3 Å². The minimum atomic E-state index is -1.16. The van der Waals surface area contributed by atoms with Crippen LogP contribution in [0.4, 0.5) is 5.69 Å². The van der Waals surface area contributed by atoms with Crippen molar-refractivity contribution in [2.24, 2.45) is 11.1 Å². The summed E-state index contributed by atoms with van der Waals surface area (Å²) >= 11 is 0. The Balaban J connectivity index is 1.24. The summed E-state index contributed by atoms with van der Waals surface area (Å²) in [5.41, 5.74) is 14.2. The molecular formula is C41H54N8O3. The van der Waals surface area contributed by atoms with E-state index in [1.807, 2.05) is 15.8 Å². The van der Waals surface area contributed by atoms with Crippen LogP contribution in [0, 0.1) is 12.3 Å². The summed E-state index contributed by atoms with van der Waals surface area (Å²) in [5.74, 6) is -0.755. The Kier molecular flexibility index (Phi) is 10.6. The number of aromatic nitrogens is 3. The Bertz CT molecular complexity index is 1930. The van der Waals surface area contributed by atoms with Crippen LogP contribution in [0.1, 0.15) is 74.4 Å². The van der Waals surface area contributed by atoms with Crippen molar-refractivity contribution in [3.05, 3.63) is 76.6 Å². The van der Waals surface area contributed by atoms with Gasteiger partial charge in [-0.1, -0.05) is 37.3 Å². The Morgan fingerprint density at radius 1 is 1.10 bits per heavy atom. The number of anilines is 1. The number of benzene rings is 2. The van der Waals surface area contributed by atoms with E-state index < -0.39 is 11.3 Å². The van der Waals surface area contributed by atoms with Crippen molar-refractivity contribution in [3.63, 3.8) is 0 Å². The van der Waals surface area contributed by atoms with Gasteiger partial charge in [0.05, 0.1) is 17.3 Å². The summed E-state index contributed by atoms with van der Waals surface area (Å²) in [6, 6.07) is 16.0. The standard InChI is InChI=1S/C41H54N8O3/c1-5-36-35(37(45-32-12-18-52-19-13-32)34-22-44-49(6-2)38(34)46-36)26-48(40(51)41(14-15-41)39(42)50)25-30-11-10-27(3)33(21-30)31-9-7-8-29(20-31)24-47-17-16-43-28(4)23-47/h7-11,20-22,28,32,43H,5-6,12-19,23-26H2,1-4H3,(H2,42,50)(H,45,46)/t28-/m0/s1. The van der Waals surface area contributed by atoms with Gasteiger partial charge in [0.2, 0.25) is 11.8 Å². The first-order valence-electron chi connectivity index (χ1n) is 19.1. The van der Waals surface area contributed by atoms with E-state index in [4.69, 9.17) is 15.5 Å². The first-order valence-corrected chi connectivity index (χ1v) is 19.1. The van der Waals surface area contributed by atoms with Crippen molar-refractivity contribution in [3.8, 4) is 11.1 Å². The molecule has 276 valence electrons. The van der Waals surface area contributed by atoms with Gasteiger partial charge in [-0.25, -0.2) is 9.67 Å². The molecule has 0 bridgehead atoms. The number of carbonyl (C=O) groups is 2. The molecule has 4 aromatic rings. The van der Waals surface area contributed by atoms with Gasteiger partial charge in [-0.3, -0.25) is 14.5 Å². The van der Waals surface area contributed by atoms with Gasteiger partial charge in [0.1, 0.15) is 5.41 Å². The molecule has 11 nitrogen and oxygen atoms in total. The molecule has 1 atom stereocenters. The number of fused-ring (bicyclic) bond motifs is 1. The van der Waals surface area contributed by atoms with Gasteiger partial charge in [-0.05, 0) is 92.8 Å². The molecule has 2 amide bonds. The molecule has 2 saturated heterocycles. The number of nitrogens with zero attached hydrogens (tertiary/aromatic N) is 5. The molecule has 1 aliphatic carbocycles. The number of hydrogen-bond donors (Lipinski definition) is 3. The minimum absolute atomic E-state index is 0.210. The molecule has 3 fully saturated rings. The van der Waals surface area contributed by atoms with E-state index in [0.717, 1.165) is 83.7 Å². The number of nitrogens with one attached hydrogen (secondary N) is 2. The van der Waals surface area contributed by atoms with E-state index in [2.05, 4.69) is 90.8 Å². The molecule has 3 aliphatic rings. The molecule has 4 N–H and O–H groups in total. The van der Waals surface area contributed by atoms with E-state index in [9.17, 15) is 9.59 Å². The van der Waals surface area contributed by atoms with E-state index in [-0.39, 0.29) is 11.9 Å². The summed E-state index contributed by atoms with van der Waals surface area (Å²) in [6.07, 6.45) is 5.30. The summed E-state index contributed by atoms with van der Waals surface area (Å²) in [5, 5.41) is 13.0. The highest BCUT2D eigenvalue weighted by atomic mass is 16.5. The lowest BCUT2D eigenvalue weighted by Gasteiger charge is -2.32. The molecule has 0 spiro atoms. The number of nitrogens with two attached hydrogens (primary N) is 1. The predicted octanol–water partition coefficient (Wildman–Crippen LogP) is 5.17. The normalized spacial score (nSPS) is 19.1. The second kappa shape index (κ2) is 15.3. The van der Waals surface area contributed by atoms with Crippen LogP contribution < -0.4 is 16.4 Å². The Labute approximate surface area is 307 Å². The van der Waals surface area contributed by atoms with Crippen LogP contribution in [0.2, 0.25) is 0 Å². The third kappa shape index (κ3) is 7.44. The smallest absolute Gasteiger partial charge is 0.238 e. The fourth-order valence-corrected chi connectivity index (χ4v) is 8.01. The van der Waals surface area contributed by atoms with E-state index in [1.165, 1.54) is 11.1 Å². The van der Waals surface area contributed by atoms with Crippen molar-refractivity contribution in [2.45, 2.75) is 98.1 Å². The second-order valence-electron chi connectivity index (χ2n) is 15.0. The average molecular weight is 707 g/mol. The molecule has 7 rings (SSSR count). The molecule has 2 aromatic heterocycles. The quantitative estimate of drug-likeness (QED) is 0.163. The summed E-state index contributed by atoms with van der Waals surface area (Å²) in [4.78, 5) is 36.8. The van der Waals surface area contributed by atoms with Crippen molar-refractivity contribution in [1.82, 2.24) is 29.9 Å². The van der Waals surface area contributed by atoms with E-state index in [1.54, 1.807) is 0 Å². The highest BCUT2D eigenvalue weighted by molar-refractivity contribution is 6.07. The van der Waals surface area contributed by atoms with E-state index in [0.29, 0.717) is 58.2 Å². The molecule has 1 saturated carbocycles. The molecule has 11 heteroatoms. The number of primary amides is 1. The fourth-order valence-electron chi connectivity index (χ4n) is 8.01. The van der Waals surface area contributed by atoms with E-state index >= 15 is 0 Å². The van der Waals surface area contributed by atoms with Gasteiger partial charge in [0.15, 0.2) is 5.65 Å². The van der Waals surface area contributed by atoms with Crippen molar-refractivity contribution < 1.29 is 14.3 Å². The van der Waals surface area contributed by atoms with Crippen LogP contribution in [0.5, 0.6) is 0 Å². The van der Waals surface area contributed by atoms with Crippen molar-refractivity contribution in [2.75, 3.05) is 38.2 Å². The Morgan fingerprint density at radius 2 is 1.90 bits per heavy atom. The molecule has 0 radical (unpaired) electrons. The first kappa shape index (κ1) is 36.1. The second-order valence-corrected chi connectivity index (χ2v) is 15.0. The lowest BCUT2D eigenvalue weighted by atomic mass is 9.95. The third-order valence-corrected chi connectivity index (χ3v) is 11.2. The highest BCUT2D eigenvalue weighted by Gasteiger charge is 2.57. The van der Waals surface area contributed by atoms with Crippen molar-refractivity contribution >= 4 is 28.5 Å². The van der Waals surface area contributed by atoms with Crippen LogP contribution in [-0.2, 0) is 46.9 Å². The third-order valence-electron chi connectivity index (χ3n) is 11.2. The number of aryl methyl sites for hydroxylation is 3. The highest BCUT2D eigenvalue weighted by Crippen LogP contribution is 2.48. The SMILES string of the molecule is CCc1nc2c(cnn2CC)c(NC2CCOCC2)c1CN(Cc1ccc(C)c(-c2cccc(CN3CCN[C@@H](C)C3)c2)c1)C(=O)C1(C(N)=O)CC1. The fraction of sp³-hybridized carbons (Fsp3) is 0.512. The number of pyridine rings is 1. The van der Waals surface area contributed by atoms with Gasteiger partial charge in [-0.15, -0.1) is 0 Å². The zero-order chi connectivity index (χ0) is 36.4.